The Morgan fingerprint density at radius 3 is 2.41 bits per heavy atom. The molecule has 0 N–H and O–H groups in total. The Kier molecular flexibility index (Phi) is 5.77. The van der Waals surface area contributed by atoms with Gasteiger partial charge in [-0.3, -0.25) is 9.69 Å². The van der Waals surface area contributed by atoms with E-state index in [1.54, 1.807) is 12.0 Å². The average molecular weight is 384 g/mol. The average Bonchev–Trinajstić information content (AvgIpc) is 3.03. The first-order valence-electron chi connectivity index (χ1n) is 8.87. The Balaban J connectivity index is 2.01. The van der Waals surface area contributed by atoms with Crippen molar-refractivity contribution in [2.24, 2.45) is 0 Å². The molecule has 0 spiro atoms. The van der Waals surface area contributed by atoms with Gasteiger partial charge in [-0.25, -0.2) is 4.98 Å². The summed E-state index contributed by atoms with van der Waals surface area (Å²) in [6, 6.07) is 11.7. The highest BCUT2D eigenvalue weighted by molar-refractivity contribution is 7.22. The van der Waals surface area contributed by atoms with Gasteiger partial charge >= 0.3 is 0 Å². The number of thiazole rings is 1. The predicted molar refractivity (Wildman–Crippen MR) is 112 cm³/mol. The van der Waals surface area contributed by atoms with E-state index < -0.39 is 0 Å². The summed E-state index contributed by atoms with van der Waals surface area (Å²) in [5, 5.41) is 0.712. The number of aromatic nitrogens is 1. The van der Waals surface area contributed by atoms with Crippen molar-refractivity contribution in [1.29, 1.82) is 0 Å². The van der Waals surface area contributed by atoms with Gasteiger partial charge in [0.15, 0.2) is 5.13 Å². The topological polar surface area (TPSA) is 45.7 Å². The molecule has 6 heteroatoms. The molecule has 5 nitrogen and oxygen atoms in total. The largest absolute Gasteiger partial charge is 0.497 e. The number of hydrogen-bond acceptors (Lipinski definition) is 5. The van der Waals surface area contributed by atoms with E-state index >= 15 is 0 Å². The summed E-state index contributed by atoms with van der Waals surface area (Å²) in [4.78, 5) is 21.9. The normalized spacial score (nSPS) is 11.2. The molecule has 0 saturated carbocycles. The summed E-state index contributed by atoms with van der Waals surface area (Å²) in [5.74, 6) is 0.771. The Labute approximate surface area is 164 Å². The molecule has 0 bridgehead atoms. The van der Waals surface area contributed by atoms with E-state index in [-0.39, 0.29) is 5.91 Å². The van der Waals surface area contributed by atoms with Crippen LogP contribution in [-0.2, 0) is 0 Å². The van der Waals surface area contributed by atoms with Crippen LogP contribution >= 0.6 is 11.3 Å². The smallest absolute Gasteiger partial charge is 0.260 e. The van der Waals surface area contributed by atoms with Gasteiger partial charge in [0.2, 0.25) is 0 Å². The molecule has 0 radical (unpaired) electrons. The zero-order valence-corrected chi connectivity index (χ0v) is 17.3. The van der Waals surface area contributed by atoms with E-state index in [1.807, 2.05) is 58.3 Å². The Morgan fingerprint density at radius 1 is 1.07 bits per heavy atom. The predicted octanol–water partition coefficient (Wildman–Crippen LogP) is 4.13. The van der Waals surface area contributed by atoms with E-state index in [1.165, 1.54) is 11.3 Å². The maximum atomic E-state index is 13.3. The molecule has 0 atom stereocenters. The van der Waals surface area contributed by atoms with E-state index in [4.69, 9.17) is 9.72 Å². The van der Waals surface area contributed by atoms with Crippen LogP contribution < -0.4 is 9.64 Å². The zero-order valence-electron chi connectivity index (χ0n) is 16.4. The minimum Gasteiger partial charge on any atom is -0.497 e. The number of anilines is 1. The Morgan fingerprint density at radius 2 is 1.78 bits per heavy atom. The number of nitrogens with zero attached hydrogens (tertiary/aromatic N) is 3. The summed E-state index contributed by atoms with van der Waals surface area (Å²) >= 11 is 1.51. The molecule has 0 aliphatic rings. The number of carbonyl (C=O) groups is 1. The number of hydrogen-bond donors (Lipinski definition) is 0. The van der Waals surface area contributed by atoms with Crippen LogP contribution in [0.3, 0.4) is 0 Å². The molecule has 142 valence electrons. The maximum Gasteiger partial charge on any atom is 0.260 e. The first kappa shape index (κ1) is 19.3. The highest BCUT2D eigenvalue weighted by Gasteiger charge is 2.22. The Hall–Kier alpha value is -2.44. The minimum atomic E-state index is -0.0188. The summed E-state index contributed by atoms with van der Waals surface area (Å²) < 4.78 is 6.31. The second kappa shape index (κ2) is 8.06. The first-order chi connectivity index (χ1) is 12.9. The van der Waals surface area contributed by atoms with Gasteiger partial charge < -0.3 is 9.64 Å². The molecule has 3 aromatic rings. The molecule has 1 amide bonds. The molecule has 0 fully saturated rings. The Bertz CT molecular complexity index is 945. The molecule has 0 unspecified atom stereocenters. The van der Waals surface area contributed by atoms with Crippen LogP contribution in [0.1, 0.15) is 21.5 Å². The molecule has 1 aromatic heterocycles. The second-order valence-electron chi connectivity index (χ2n) is 6.97. The number of fused-ring (bicyclic) bond motifs is 1. The molecular weight excluding hydrogens is 358 g/mol. The van der Waals surface area contributed by atoms with Crippen LogP contribution in [0.25, 0.3) is 10.2 Å². The van der Waals surface area contributed by atoms with Crippen molar-refractivity contribution in [3.05, 3.63) is 53.1 Å². The van der Waals surface area contributed by atoms with E-state index in [9.17, 15) is 4.79 Å². The number of aryl methyl sites for hydroxylation is 2. The van der Waals surface area contributed by atoms with Gasteiger partial charge in [-0.2, -0.15) is 0 Å². The van der Waals surface area contributed by atoms with Gasteiger partial charge in [-0.05, 0) is 58.3 Å². The second-order valence-corrected chi connectivity index (χ2v) is 7.98. The fourth-order valence-corrected chi connectivity index (χ4v) is 3.99. The number of benzene rings is 2. The third-order valence-corrected chi connectivity index (χ3v) is 5.34. The minimum absolute atomic E-state index is 0.0188. The number of carbonyl (C=O) groups excluding carboxylic acids is 1. The van der Waals surface area contributed by atoms with Crippen molar-refractivity contribution < 1.29 is 9.53 Å². The first-order valence-corrected chi connectivity index (χ1v) is 9.68. The lowest BCUT2D eigenvalue weighted by molar-refractivity contribution is 0.0985. The standard InChI is InChI=1S/C21H25N3O2S/c1-14-10-15(2)12-16(11-14)20(25)24(9-8-23(3)4)21-22-18-7-6-17(26-5)13-19(18)27-21/h6-7,10-13H,8-9H2,1-5H3. The number of methoxy groups -OCH3 is 1. The van der Waals surface area contributed by atoms with Crippen molar-refractivity contribution in [3.63, 3.8) is 0 Å². The number of rotatable bonds is 6. The van der Waals surface area contributed by atoms with Gasteiger partial charge in [-0.15, -0.1) is 0 Å². The van der Waals surface area contributed by atoms with Gasteiger partial charge in [0.1, 0.15) is 5.75 Å². The highest BCUT2D eigenvalue weighted by Crippen LogP contribution is 2.32. The third kappa shape index (κ3) is 4.46. The lowest BCUT2D eigenvalue weighted by Crippen LogP contribution is -2.36. The van der Waals surface area contributed by atoms with Crippen molar-refractivity contribution in [3.8, 4) is 5.75 Å². The van der Waals surface area contributed by atoms with Crippen LogP contribution in [0, 0.1) is 13.8 Å². The summed E-state index contributed by atoms with van der Waals surface area (Å²) in [6.07, 6.45) is 0. The van der Waals surface area contributed by atoms with Gasteiger partial charge in [-0.1, -0.05) is 28.5 Å². The van der Waals surface area contributed by atoms with E-state index in [2.05, 4.69) is 11.0 Å². The van der Waals surface area contributed by atoms with Crippen LogP contribution in [0.15, 0.2) is 36.4 Å². The molecule has 0 aliphatic heterocycles. The van der Waals surface area contributed by atoms with Crippen molar-refractivity contribution >= 4 is 32.6 Å². The quantitative estimate of drug-likeness (QED) is 0.642. The monoisotopic (exact) mass is 383 g/mol. The van der Waals surface area contributed by atoms with E-state index in [0.717, 1.165) is 33.6 Å². The summed E-state index contributed by atoms with van der Waals surface area (Å²) in [7, 11) is 5.65. The number of likely N-dealkylation sites (N-methyl/N-ethyl adjacent to an activating group) is 1. The van der Waals surface area contributed by atoms with Gasteiger partial charge in [0.25, 0.3) is 5.91 Å². The summed E-state index contributed by atoms with van der Waals surface area (Å²) in [6.45, 7) is 5.36. The molecule has 0 saturated heterocycles. The van der Waals surface area contributed by atoms with Crippen LogP contribution in [0.2, 0.25) is 0 Å². The van der Waals surface area contributed by atoms with E-state index in [0.29, 0.717) is 17.2 Å². The third-order valence-electron chi connectivity index (χ3n) is 4.30. The van der Waals surface area contributed by atoms with Crippen LogP contribution in [-0.4, -0.2) is 50.1 Å². The fraction of sp³-hybridized carbons (Fsp3) is 0.333. The van der Waals surface area contributed by atoms with Crippen LogP contribution in [0.4, 0.5) is 5.13 Å². The molecule has 2 aromatic carbocycles. The molecule has 0 aliphatic carbocycles. The van der Waals surface area contributed by atoms with Crippen molar-refractivity contribution in [1.82, 2.24) is 9.88 Å². The lowest BCUT2D eigenvalue weighted by atomic mass is 10.1. The number of amides is 1. The molecule has 3 rings (SSSR count). The van der Waals surface area contributed by atoms with Crippen LogP contribution in [0.5, 0.6) is 5.75 Å². The zero-order chi connectivity index (χ0) is 19.6. The highest BCUT2D eigenvalue weighted by atomic mass is 32.1. The molecule has 1 heterocycles. The lowest BCUT2D eigenvalue weighted by Gasteiger charge is -2.22. The summed E-state index contributed by atoms with van der Waals surface area (Å²) in [5.41, 5.74) is 3.74. The maximum absolute atomic E-state index is 13.3. The molecule has 27 heavy (non-hydrogen) atoms. The van der Waals surface area contributed by atoms with Crippen molar-refractivity contribution in [2.75, 3.05) is 39.2 Å². The number of ether oxygens (including phenoxy) is 1. The van der Waals surface area contributed by atoms with Gasteiger partial charge in [0, 0.05) is 18.7 Å². The SMILES string of the molecule is COc1ccc2nc(N(CCN(C)C)C(=O)c3cc(C)cc(C)c3)sc2c1. The van der Waals surface area contributed by atoms with Crippen molar-refractivity contribution in [2.45, 2.75) is 13.8 Å². The van der Waals surface area contributed by atoms with Gasteiger partial charge in [0.05, 0.1) is 17.3 Å². The molecular formula is C21H25N3O2S. The fourth-order valence-electron chi connectivity index (χ4n) is 2.97.